The van der Waals surface area contributed by atoms with Crippen molar-refractivity contribution in [3.8, 4) is 0 Å². The molecule has 4 heteroatoms. The van der Waals surface area contributed by atoms with Crippen molar-refractivity contribution < 1.29 is 9.53 Å². The quantitative estimate of drug-likeness (QED) is 0.704. The summed E-state index contributed by atoms with van der Waals surface area (Å²) >= 11 is 0. The van der Waals surface area contributed by atoms with Gasteiger partial charge < -0.3 is 15.0 Å². The van der Waals surface area contributed by atoms with Gasteiger partial charge in [0.25, 0.3) is 0 Å². The number of ether oxygens (including phenoxy) is 1. The highest BCUT2D eigenvalue weighted by atomic mass is 16.5. The summed E-state index contributed by atoms with van der Waals surface area (Å²) in [7, 11) is 1.75. The van der Waals surface area contributed by atoms with Crippen LogP contribution >= 0.6 is 0 Å². The van der Waals surface area contributed by atoms with Gasteiger partial charge in [-0.05, 0) is 52.0 Å². The first-order valence-electron chi connectivity index (χ1n) is 7.24. The van der Waals surface area contributed by atoms with Gasteiger partial charge >= 0.3 is 0 Å². The average molecular weight is 256 g/mol. The molecule has 1 amide bonds. The third-order valence-corrected chi connectivity index (χ3v) is 3.85. The lowest BCUT2D eigenvalue weighted by molar-refractivity contribution is -0.134. The summed E-state index contributed by atoms with van der Waals surface area (Å²) in [5.41, 5.74) is 0. The Bertz CT molecular complexity index is 242. The lowest BCUT2D eigenvalue weighted by Crippen LogP contribution is -2.50. The van der Waals surface area contributed by atoms with Gasteiger partial charge in [-0.15, -0.1) is 0 Å². The molecule has 0 saturated carbocycles. The topological polar surface area (TPSA) is 41.6 Å². The van der Waals surface area contributed by atoms with Crippen LogP contribution in [0.3, 0.4) is 0 Å². The summed E-state index contributed by atoms with van der Waals surface area (Å²) in [6, 6.07) is 0.0335. The summed E-state index contributed by atoms with van der Waals surface area (Å²) in [5, 5.41) is 3.37. The van der Waals surface area contributed by atoms with E-state index in [0.717, 1.165) is 39.1 Å². The molecule has 18 heavy (non-hydrogen) atoms. The predicted octanol–water partition coefficient (Wildman–Crippen LogP) is 1.65. The van der Waals surface area contributed by atoms with Crippen molar-refractivity contribution in [1.29, 1.82) is 0 Å². The number of carbonyl (C=O) groups is 1. The van der Waals surface area contributed by atoms with Crippen molar-refractivity contribution >= 4 is 5.91 Å². The van der Waals surface area contributed by atoms with Crippen LogP contribution in [0.15, 0.2) is 0 Å². The number of rotatable bonds is 7. The average Bonchev–Trinajstić information content (AvgIpc) is 2.41. The lowest BCUT2D eigenvalue weighted by atomic mass is 9.88. The number of nitrogens with zero attached hydrogens (tertiary/aromatic N) is 1. The molecule has 1 rings (SSSR count). The van der Waals surface area contributed by atoms with Gasteiger partial charge in [0.1, 0.15) is 0 Å². The molecule has 0 aromatic heterocycles. The van der Waals surface area contributed by atoms with E-state index in [2.05, 4.69) is 5.32 Å². The van der Waals surface area contributed by atoms with Crippen LogP contribution in [0.2, 0.25) is 0 Å². The smallest absolute Gasteiger partial charge is 0.239 e. The first-order valence-corrected chi connectivity index (χ1v) is 7.24. The number of nitrogens with one attached hydrogen (secondary N) is 1. The van der Waals surface area contributed by atoms with Gasteiger partial charge in [-0.2, -0.15) is 0 Å². The van der Waals surface area contributed by atoms with Crippen molar-refractivity contribution in [2.45, 2.75) is 45.6 Å². The van der Waals surface area contributed by atoms with Gasteiger partial charge in [0.2, 0.25) is 5.91 Å². The van der Waals surface area contributed by atoms with Crippen molar-refractivity contribution in [1.82, 2.24) is 10.2 Å². The number of methoxy groups -OCH3 is 1. The first kappa shape index (κ1) is 15.4. The number of amides is 1. The van der Waals surface area contributed by atoms with Gasteiger partial charge in [0, 0.05) is 26.8 Å². The molecule has 1 fully saturated rings. The molecule has 2 atom stereocenters. The normalized spacial score (nSPS) is 23.9. The van der Waals surface area contributed by atoms with Crippen molar-refractivity contribution in [2.24, 2.45) is 5.92 Å². The Morgan fingerprint density at radius 1 is 1.39 bits per heavy atom. The molecule has 1 aliphatic rings. The summed E-state index contributed by atoms with van der Waals surface area (Å²) in [5.74, 6) is 0.947. The number of likely N-dealkylation sites (N-methyl/N-ethyl adjacent to an activating group) is 1. The molecule has 4 nitrogen and oxygen atoms in total. The van der Waals surface area contributed by atoms with Crippen LogP contribution in [-0.4, -0.2) is 50.2 Å². The van der Waals surface area contributed by atoms with Crippen molar-refractivity contribution in [3.63, 3.8) is 0 Å². The molecular weight excluding hydrogens is 228 g/mol. The zero-order valence-electron chi connectivity index (χ0n) is 12.1. The van der Waals surface area contributed by atoms with E-state index in [1.165, 1.54) is 12.8 Å². The summed E-state index contributed by atoms with van der Waals surface area (Å²) in [4.78, 5) is 14.2. The molecule has 0 spiro atoms. The highest BCUT2D eigenvalue weighted by Crippen LogP contribution is 2.22. The second-order valence-electron chi connectivity index (χ2n) is 5.04. The maximum atomic E-state index is 12.3. The fourth-order valence-corrected chi connectivity index (χ4v) is 2.72. The molecule has 0 aliphatic carbocycles. The van der Waals surface area contributed by atoms with Gasteiger partial charge in [-0.1, -0.05) is 0 Å². The van der Waals surface area contributed by atoms with E-state index < -0.39 is 0 Å². The lowest BCUT2D eigenvalue weighted by Gasteiger charge is -2.32. The Hall–Kier alpha value is -0.610. The zero-order chi connectivity index (χ0) is 13.4. The Balaban J connectivity index is 2.40. The number of hydrogen-bond donors (Lipinski definition) is 1. The highest BCUT2D eigenvalue weighted by molar-refractivity contribution is 5.82. The van der Waals surface area contributed by atoms with Crippen LogP contribution in [0.25, 0.3) is 0 Å². The minimum absolute atomic E-state index is 0.0335. The zero-order valence-corrected chi connectivity index (χ0v) is 12.1. The molecule has 0 aromatic carbocycles. The fourth-order valence-electron chi connectivity index (χ4n) is 2.72. The highest BCUT2D eigenvalue weighted by Gasteiger charge is 2.28. The Morgan fingerprint density at radius 2 is 2.11 bits per heavy atom. The fraction of sp³-hybridized carbons (Fsp3) is 0.929. The number of piperidine rings is 1. The number of hydrogen-bond acceptors (Lipinski definition) is 3. The van der Waals surface area contributed by atoms with Gasteiger partial charge in [-0.3, -0.25) is 4.79 Å². The van der Waals surface area contributed by atoms with Gasteiger partial charge in [0.15, 0.2) is 0 Å². The molecule has 0 aromatic rings. The third-order valence-electron chi connectivity index (χ3n) is 3.85. The van der Waals surface area contributed by atoms with Crippen LogP contribution in [0.1, 0.15) is 39.5 Å². The van der Waals surface area contributed by atoms with Crippen LogP contribution in [0, 0.1) is 5.92 Å². The second kappa shape index (κ2) is 8.48. The molecular formula is C14H28N2O2. The van der Waals surface area contributed by atoms with E-state index in [-0.39, 0.29) is 11.9 Å². The van der Waals surface area contributed by atoms with E-state index in [0.29, 0.717) is 5.92 Å². The van der Waals surface area contributed by atoms with Crippen LogP contribution in [0.4, 0.5) is 0 Å². The second-order valence-corrected chi connectivity index (χ2v) is 5.04. The Kier molecular flexibility index (Phi) is 7.28. The summed E-state index contributed by atoms with van der Waals surface area (Å²) in [6.07, 6.45) is 4.45. The van der Waals surface area contributed by atoms with Crippen molar-refractivity contribution in [2.75, 3.05) is 33.4 Å². The molecule has 106 valence electrons. The van der Waals surface area contributed by atoms with Crippen molar-refractivity contribution in [3.05, 3.63) is 0 Å². The molecule has 1 heterocycles. The monoisotopic (exact) mass is 256 g/mol. The maximum Gasteiger partial charge on any atom is 0.239 e. The molecule has 1 aliphatic heterocycles. The van der Waals surface area contributed by atoms with E-state index >= 15 is 0 Å². The van der Waals surface area contributed by atoms with E-state index in [9.17, 15) is 4.79 Å². The minimum Gasteiger partial charge on any atom is -0.385 e. The van der Waals surface area contributed by atoms with Gasteiger partial charge in [-0.25, -0.2) is 0 Å². The van der Waals surface area contributed by atoms with E-state index in [1.807, 2.05) is 18.7 Å². The number of carbonyl (C=O) groups excluding carboxylic acids is 1. The maximum absolute atomic E-state index is 12.3. The molecule has 2 unspecified atom stereocenters. The largest absolute Gasteiger partial charge is 0.385 e. The molecule has 0 bridgehead atoms. The SMILES string of the molecule is CCN(CC)C(=O)C1CC(CCCOC)CCN1. The third kappa shape index (κ3) is 4.58. The predicted molar refractivity (Wildman–Crippen MR) is 73.6 cm³/mol. The Labute approximate surface area is 111 Å². The Morgan fingerprint density at radius 3 is 2.72 bits per heavy atom. The standard InChI is InChI=1S/C14H28N2O2/c1-4-16(5-2)14(17)13-11-12(8-9-15-13)7-6-10-18-3/h12-13,15H,4-11H2,1-3H3. The first-order chi connectivity index (χ1) is 8.72. The van der Waals surface area contributed by atoms with Crippen LogP contribution in [-0.2, 0) is 9.53 Å². The minimum atomic E-state index is 0.0335. The summed E-state index contributed by atoms with van der Waals surface area (Å²) < 4.78 is 5.09. The van der Waals surface area contributed by atoms with E-state index in [1.54, 1.807) is 7.11 Å². The molecule has 0 radical (unpaired) electrons. The summed E-state index contributed by atoms with van der Waals surface area (Å²) in [6.45, 7) is 7.50. The van der Waals surface area contributed by atoms with Crippen LogP contribution < -0.4 is 5.32 Å². The van der Waals surface area contributed by atoms with E-state index in [4.69, 9.17) is 4.74 Å². The van der Waals surface area contributed by atoms with Crippen LogP contribution in [0.5, 0.6) is 0 Å². The molecule has 1 saturated heterocycles. The van der Waals surface area contributed by atoms with Gasteiger partial charge in [0.05, 0.1) is 6.04 Å². The molecule has 1 N–H and O–H groups in total.